The van der Waals surface area contributed by atoms with E-state index in [9.17, 15) is 4.79 Å². The first kappa shape index (κ1) is 9.27. The smallest absolute Gasteiger partial charge is 0.407 e. The van der Waals surface area contributed by atoms with Crippen molar-refractivity contribution < 1.29 is 11.0 Å². The molecule has 0 heterocycles. The van der Waals surface area contributed by atoms with Gasteiger partial charge in [-0.25, -0.2) is 4.79 Å². The van der Waals surface area contributed by atoms with Gasteiger partial charge in [0, 0.05) is 7.97 Å². The van der Waals surface area contributed by atoms with Gasteiger partial charge in [-0.05, 0) is 27.7 Å². The van der Waals surface area contributed by atoms with Crippen LogP contribution in [0.4, 0.5) is 4.79 Å². The Morgan fingerprint density at radius 3 is 2.40 bits per heavy atom. The van der Waals surface area contributed by atoms with Gasteiger partial charge in [0.25, 0.3) is 0 Å². The molecule has 0 aromatic rings. The molecule has 0 fully saturated rings. The Morgan fingerprint density at radius 1 is 1.60 bits per heavy atom. The molecule has 10 heavy (non-hydrogen) atoms. The van der Waals surface area contributed by atoms with Gasteiger partial charge in [-0.2, -0.15) is 0 Å². The van der Waals surface area contributed by atoms with Crippen LogP contribution in [0.2, 0.25) is 0 Å². The van der Waals surface area contributed by atoms with Crippen molar-refractivity contribution in [3.05, 3.63) is 0 Å². The van der Waals surface area contributed by atoms with E-state index in [2.05, 4.69) is 5.32 Å². The molecule has 62 valence electrons. The molecule has 0 aromatic carbocycles. The second-order valence-corrected chi connectivity index (χ2v) is 3.03. The van der Waals surface area contributed by atoms with Crippen molar-refractivity contribution in [3.8, 4) is 0 Å². The molecule has 0 rings (SSSR count). The topological polar surface area (TPSA) is 38.3 Å². The average molecular weight is 147 g/mol. The van der Waals surface area contributed by atoms with Crippen LogP contribution >= 0.6 is 0 Å². The highest BCUT2D eigenvalue weighted by Gasteiger charge is 2.14. The molecule has 0 aliphatic heterocycles. The number of hydrogen-bond donors (Lipinski definition) is 1. The van der Waals surface area contributed by atoms with E-state index in [0.717, 1.165) is 0 Å². The Morgan fingerprint density at radius 2 is 2.10 bits per heavy atom. The molecule has 0 atom stereocenters. The lowest BCUT2D eigenvalue weighted by molar-refractivity contribution is 0.0531. The van der Waals surface area contributed by atoms with Crippen LogP contribution in [-0.4, -0.2) is 18.2 Å². The van der Waals surface area contributed by atoms with Crippen molar-refractivity contribution in [2.24, 2.45) is 0 Å². The summed E-state index contributed by atoms with van der Waals surface area (Å²) in [6.07, 6.45) is -0.352. The van der Waals surface area contributed by atoms with E-state index in [-0.39, 0.29) is 13.1 Å². The summed E-state index contributed by atoms with van der Waals surface area (Å²) in [5.41, 5.74) is -0.390. The van der Waals surface area contributed by atoms with E-state index in [1.807, 2.05) is 27.7 Å². The van der Waals surface area contributed by atoms with Gasteiger partial charge in [0.1, 0.15) is 5.60 Å². The van der Waals surface area contributed by atoms with Gasteiger partial charge in [-0.3, -0.25) is 0 Å². The predicted octanol–water partition coefficient (Wildman–Crippen LogP) is 1.78. The first-order valence-electron chi connectivity index (χ1n) is 3.42. The lowest BCUT2D eigenvalue weighted by Gasteiger charge is -2.19. The van der Waals surface area contributed by atoms with Crippen LogP contribution in [0.1, 0.15) is 29.1 Å². The molecule has 3 heteroatoms. The maximum atomic E-state index is 10.7. The molecule has 0 unspecified atom stereocenters. The van der Waals surface area contributed by atoms with Gasteiger partial charge < -0.3 is 10.1 Å². The normalized spacial score (nSPS) is 10.8. The number of alkyl carbamates (subject to hydrolysis) is 1. The van der Waals surface area contributed by atoms with Crippen LogP contribution in [0, 0.1) is 0 Å². The second-order valence-electron chi connectivity index (χ2n) is 3.03. The number of carbonyl (C=O) groups is 1. The quantitative estimate of drug-likeness (QED) is 0.614. The summed E-state index contributed by atoms with van der Waals surface area (Å²) in [6, 6.07) is 0. The number of ether oxygens (including phenoxy) is 1. The van der Waals surface area contributed by atoms with Crippen LogP contribution in [0.3, 0.4) is 0 Å². The third-order valence-electron chi connectivity index (χ3n) is 0.720. The van der Waals surface area contributed by atoms with Crippen molar-refractivity contribution in [2.75, 3.05) is 6.54 Å². The number of rotatable bonds is 1. The summed E-state index contributed by atoms with van der Waals surface area (Å²) >= 11 is 0. The minimum absolute atomic E-state index is 0. The molecular weight excluding hydrogens is 130 g/mol. The number of nitrogens with one attached hydrogen (secondary N) is 1. The fourth-order valence-electron chi connectivity index (χ4n) is 0.459. The summed E-state index contributed by atoms with van der Waals surface area (Å²) in [6.45, 7) is 7.96. The zero-order valence-electron chi connectivity index (χ0n) is 7.02. The molecule has 0 saturated heterocycles. The largest absolute Gasteiger partial charge is 0.444 e. The van der Waals surface area contributed by atoms with Crippen LogP contribution in [0.25, 0.3) is 0 Å². The van der Waals surface area contributed by atoms with Crippen molar-refractivity contribution in [1.29, 1.82) is 0 Å². The van der Waals surface area contributed by atoms with E-state index < -0.39 is 0 Å². The van der Waals surface area contributed by atoms with E-state index in [4.69, 9.17) is 4.74 Å². The SMILES string of the molecule is CCNC(=O)OC(C)(C)C.[HH]. The fourth-order valence-corrected chi connectivity index (χ4v) is 0.459. The summed E-state index contributed by atoms with van der Waals surface area (Å²) in [5, 5.41) is 2.54. The van der Waals surface area contributed by atoms with Crippen molar-refractivity contribution in [2.45, 2.75) is 33.3 Å². The van der Waals surface area contributed by atoms with Gasteiger partial charge in [0.05, 0.1) is 0 Å². The van der Waals surface area contributed by atoms with Crippen LogP contribution < -0.4 is 5.32 Å². The molecule has 1 amide bonds. The molecular formula is C7H17NO2. The standard InChI is InChI=1S/C7H15NO2.H2/c1-5-8-6(9)10-7(2,3)4;/h5H2,1-4H3,(H,8,9);1H. The Hall–Kier alpha value is -0.730. The first-order valence-corrected chi connectivity index (χ1v) is 3.42. The maximum Gasteiger partial charge on any atom is 0.407 e. The van der Waals surface area contributed by atoms with Gasteiger partial charge in [0.2, 0.25) is 0 Å². The van der Waals surface area contributed by atoms with Gasteiger partial charge in [-0.1, -0.05) is 0 Å². The predicted molar refractivity (Wildman–Crippen MR) is 42.0 cm³/mol. The first-order chi connectivity index (χ1) is 4.45. The summed E-state index contributed by atoms with van der Waals surface area (Å²) in [4.78, 5) is 10.7. The number of amides is 1. The lowest BCUT2D eigenvalue weighted by Crippen LogP contribution is -2.32. The van der Waals surface area contributed by atoms with E-state index in [0.29, 0.717) is 6.54 Å². The summed E-state index contributed by atoms with van der Waals surface area (Å²) < 4.78 is 4.93. The molecule has 0 aliphatic rings. The molecule has 3 nitrogen and oxygen atoms in total. The van der Waals surface area contributed by atoms with Crippen molar-refractivity contribution in [1.82, 2.24) is 5.32 Å². The summed E-state index contributed by atoms with van der Waals surface area (Å²) in [7, 11) is 0. The highest BCUT2D eigenvalue weighted by molar-refractivity contribution is 5.67. The summed E-state index contributed by atoms with van der Waals surface area (Å²) in [5.74, 6) is 0. The Labute approximate surface area is 63.2 Å². The Kier molecular flexibility index (Phi) is 3.19. The highest BCUT2D eigenvalue weighted by atomic mass is 16.6. The fraction of sp³-hybridized carbons (Fsp3) is 0.857. The van der Waals surface area contributed by atoms with E-state index >= 15 is 0 Å². The van der Waals surface area contributed by atoms with Crippen LogP contribution in [-0.2, 0) is 4.74 Å². The van der Waals surface area contributed by atoms with E-state index in [1.54, 1.807) is 0 Å². The molecule has 1 N–H and O–H groups in total. The highest BCUT2D eigenvalue weighted by Crippen LogP contribution is 2.05. The minimum Gasteiger partial charge on any atom is -0.444 e. The minimum atomic E-state index is -0.390. The molecule has 0 aromatic heterocycles. The maximum absolute atomic E-state index is 10.7. The molecule has 0 radical (unpaired) electrons. The van der Waals surface area contributed by atoms with Gasteiger partial charge in [0.15, 0.2) is 0 Å². The second kappa shape index (κ2) is 3.44. The van der Waals surface area contributed by atoms with Crippen molar-refractivity contribution >= 4 is 6.09 Å². The van der Waals surface area contributed by atoms with Crippen LogP contribution in [0.5, 0.6) is 0 Å². The third kappa shape index (κ3) is 5.41. The molecule has 0 spiro atoms. The van der Waals surface area contributed by atoms with E-state index in [1.165, 1.54) is 0 Å². The van der Waals surface area contributed by atoms with Crippen LogP contribution in [0.15, 0.2) is 0 Å². The monoisotopic (exact) mass is 147 g/mol. The zero-order valence-corrected chi connectivity index (χ0v) is 7.02. The molecule has 0 saturated carbocycles. The Balaban J connectivity index is 0. The third-order valence-corrected chi connectivity index (χ3v) is 0.720. The lowest BCUT2D eigenvalue weighted by atomic mass is 10.2. The number of hydrogen-bond acceptors (Lipinski definition) is 2. The van der Waals surface area contributed by atoms with Gasteiger partial charge in [-0.15, -0.1) is 0 Å². The zero-order chi connectivity index (χ0) is 8.20. The van der Waals surface area contributed by atoms with Crippen molar-refractivity contribution in [3.63, 3.8) is 0 Å². The number of carbonyl (C=O) groups excluding carboxylic acids is 1. The Bertz CT molecular complexity index is 120. The molecule has 0 aliphatic carbocycles. The molecule has 0 bridgehead atoms. The average Bonchev–Trinajstić information content (AvgIpc) is 1.59. The van der Waals surface area contributed by atoms with Gasteiger partial charge >= 0.3 is 6.09 Å².